The predicted octanol–water partition coefficient (Wildman–Crippen LogP) is 3.22. The maximum Gasteiger partial charge on any atom is 0.272 e. The van der Waals surface area contributed by atoms with Gasteiger partial charge in [-0.1, -0.05) is 6.07 Å². The van der Waals surface area contributed by atoms with Crippen molar-refractivity contribution in [2.24, 2.45) is 7.05 Å². The van der Waals surface area contributed by atoms with Crippen molar-refractivity contribution in [2.75, 3.05) is 13.1 Å². The number of ether oxygens (including phenoxy) is 1. The highest BCUT2D eigenvalue weighted by Gasteiger charge is 2.30. The van der Waals surface area contributed by atoms with Crippen LogP contribution in [0, 0.1) is 12.7 Å². The first-order valence-electron chi connectivity index (χ1n) is 9.18. The lowest BCUT2D eigenvalue weighted by atomic mass is 10.1. The van der Waals surface area contributed by atoms with E-state index in [0.29, 0.717) is 30.4 Å². The monoisotopic (exact) mass is 380 g/mol. The van der Waals surface area contributed by atoms with Crippen molar-refractivity contribution >= 4 is 5.91 Å². The molecule has 0 saturated carbocycles. The van der Waals surface area contributed by atoms with Crippen molar-refractivity contribution in [3.8, 4) is 17.1 Å². The van der Waals surface area contributed by atoms with Gasteiger partial charge in [0.05, 0.1) is 12.2 Å². The zero-order chi connectivity index (χ0) is 19.7. The number of aryl methyl sites for hydroxylation is 2. The van der Waals surface area contributed by atoms with E-state index >= 15 is 0 Å². The second kappa shape index (κ2) is 7.42. The number of nitrogens with zero attached hydrogens (tertiary/aromatic N) is 4. The highest BCUT2D eigenvalue weighted by atomic mass is 19.1. The Kier molecular flexibility index (Phi) is 4.81. The molecule has 144 valence electrons. The second-order valence-corrected chi connectivity index (χ2v) is 7.00. The smallest absolute Gasteiger partial charge is 0.272 e. The van der Waals surface area contributed by atoms with Crippen LogP contribution in [0.4, 0.5) is 4.39 Å². The summed E-state index contributed by atoms with van der Waals surface area (Å²) in [6.45, 7) is 3.10. The first-order chi connectivity index (χ1) is 13.5. The van der Waals surface area contributed by atoms with Gasteiger partial charge in [-0.15, -0.1) is 0 Å². The summed E-state index contributed by atoms with van der Waals surface area (Å²) in [5, 5.41) is 4.40. The Balaban J connectivity index is 1.45. The van der Waals surface area contributed by atoms with Crippen LogP contribution in [0.3, 0.4) is 0 Å². The Morgan fingerprint density at radius 3 is 2.71 bits per heavy atom. The predicted molar refractivity (Wildman–Crippen MR) is 103 cm³/mol. The van der Waals surface area contributed by atoms with Crippen molar-refractivity contribution in [1.29, 1.82) is 0 Å². The van der Waals surface area contributed by atoms with Crippen molar-refractivity contribution in [3.05, 3.63) is 65.7 Å². The molecular weight excluding hydrogens is 359 g/mol. The Morgan fingerprint density at radius 1 is 1.21 bits per heavy atom. The molecule has 0 bridgehead atoms. The van der Waals surface area contributed by atoms with E-state index in [0.717, 1.165) is 17.5 Å². The summed E-state index contributed by atoms with van der Waals surface area (Å²) in [6, 6.07) is 11.6. The van der Waals surface area contributed by atoms with Gasteiger partial charge in [-0.3, -0.25) is 9.48 Å². The van der Waals surface area contributed by atoms with Crippen LogP contribution in [0.25, 0.3) is 11.3 Å². The van der Waals surface area contributed by atoms with E-state index in [9.17, 15) is 9.18 Å². The van der Waals surface area contributed by atoms with Crippen molar-refractivity contribution < 1.29 is 13.9 Å². The second-order valence-electron chi connectivity index (χ2n) is 7.00. The molecule has 28 heavy (non-hydrogen) atoms. The molecule has 3 aromatic rings. The standard InChI is InChI=1S/C21H21FN4O2/c1-14-3-8-20(23-12-14)28-17-9-10-26(13-17)21(27)19-11-18(24-25(19)2)15-4-6-16(22)7-5-15/h3-8,11-12,17H,9-10,13H2,1-2H3. The third kappa shape index (κ3) is 3.74. The largest absolute Gasteiger partial charge is 0.472 e. The van der Waals surface area contributed by atoms with Crippen LogP contribution in [-0.2, 0) is 7.05 Å². The van der Waals surface area contributed by atoms with E-state index in [4.69, 9.17) is 4.74 Å². The molecule has 0 aliphatic carbocycles. The summed E-state index contributed by atoms with van der Waals surface area (Å²) in [5.74, 6) is 0.178. The molecule has 1 amide bonds. The number of halogens is 1. The van der Waals surface area contributed by atoms with E-state index < -0.39 is 0 Å². The molecule has 1 saturated heterocycles. The van der Waals surface area contributed by atoms with E-state index in [1.165, 1.54) is 12.1 Å². The van der Waals surface area contributed by atoms with E-state index in [1.807, 2.05) is 19.1 Å². The summed E-state index contributed by atoms with van der Waals surface area (Å²) in [7, 11) is 1.74. The molecule has 0 radical (unpaired) electrons. The Labute approximate surface area is 162 Å². The maximum atomic E-state index is 13.1. The molecule has 2 aromatic heterocycles. The number of benzene rings is 1. The van der Waals surface area contributed by atoms with Crippen LogP contribution >= 0.6 is 0 Å². The number of hydrogen-bond donors (Lipinski definition) is 0. The fraction of sp³-hybridized carbons (Fsp3) is 0.286. The minimum Gasteiger partial charge on any atom is -0.472 e. The van der Waals surface area contributed by atoms with Gasteiger partial charge < -0.3 is 9.64 Å². The maximum absolute atomic E-state index is 13.1. The molecule has 7 heteroatoms. The fourth-order valence-electron chi connectivity index (χ4n) is 3.29. The average Bonchev–Trinajstić information content (AvgIpc) is 3.30. The minimum atomic E-state index is -0.304. The first kappa shape index (κ1) is 18.2. The molecule has 0 spiro atoms. The summed E-state index contributed by atoms with van der Waals surface area (Å²) < 4.78 is 20.6. The average molecular weight is 380 g/mol. The minimum absolute atomic E-state index is 0.0797. The van der Waals surface area contributed by atoms with Gasteiger partial charge in [0.25, 0.3) is 5.91 Å². The highest BCUT2D eigenvalue weighted by Crippen LogP contribution is 2.22. The molecule has 4 rings (SSSR count). The lowest BCUT2D eigenvalue weighted by Crippen LogP contribution is -2.32. The molecule has 1 atom stereocenters. The summed E-state index contributed by atoms with van der Waals surface area (Å²) in [5.41, 5.74) is 2.98. The van der Waals surface area contributed by atoms with Gasteiger partial charge in [0.1, 0.15) is 17.6 Å². The van der Waals surface area contributed by atoms with Crippen LogP contribution < -0.4 is 4.74 Å². The van der Waals surface area contributed by atoms with Gasteiger partial charge in [-0.2, -0.15) is 5.10 Å². The number of amides is 1. The van der Waals surface area contributed by atoms with Crippen molar-refractivity contribution in [3.63, 3.8) is 0 Å². The molecule has 0 N–H and O–H groups in total. The van der Waals surface area contributed by atoms with Crippen LogP contribution in [0.1, 0.15) is 22.5 Å². The molecule has 6 nitrogen and oxygen atoms in total. The molecule has 3 heterocycles. The number of pyridine rings is 1. The van der Waals surface area contributed by atoms with E-state index in [-0.39, 0.29) is 17.8 Å². The number of likely N-dealkylation sites (tertiary alicyclic amines) is 1. The number of aromatic nitrogens is 3. The number of rotatable bonds is 4. The van der Waals surface area contributed by atoms with Crippen molar-refractivity contribution in [1.82, 2.24) is 19.7 Å². The summed E-state index contributed by atoms with van der Waals surface area (Å²) in [4.78, 5) is 19.0. The Morgan fingerprint density at radius 2 is 2.00 bits per heavy atom. The van der Waals surface area contributed by atoms with E-state index in [1.54, 1.807) is 41.0 Å². The van der Waals surface area contributed by atoms with Gasteiger partial charge in [0.2, 0.25) is 5.88 Å². The molecule has 1 aliphatic heterocycles. The number of hydrogen-bond acceptors (Lipinski definition) is 4. The normalized spacial score (nSPS) is 16.4. The van der Waals surface area contributed by atoms with Gasteiger partial charge in [-0.25, -0.2) is 9.37 Å². The van der Waals surface area contributed by atoms with Crippen LogP contribution in [0.2, 0.25) is 0 Å². The molecular formula is C21H21FN4O2. The SMILES string of the molecule is Cc1ccc(OC2CCN(C(=O)c3cc(-c4ccc(F)cc4)nn3C)C2)nc1. The van der Waals surface area contributed by atoms with Crippen LogP contribution in [0.15, 0.2) is 48.7 Å². The Bertz CT molecular complexity index is 983. The quantitative estimate of drug-likeness (QED) is 0.697. The lowest BCUT2D eigenvalue weighted by molar-refractivity contribution is 0.0760. The van der Waals surface area contributed by atoms with Gasteiger partial charge >= 0.3 is 0 Å². The molecule has 1 fully saturated rings. The molecule has 1 aromatic carbocycles. The fourth-order valence-corrected chi connectivity index (χ4v) is 3.29. The van der Waals surface area contributed by atoms with Gasteiger partial charge in [-0.05, 0) is 42.8 Å². The summed E-state index contributed by atoms with van der Waals surface area (Å²) >= 11 is 0. The van der Waals surface area contributed by atoms with Crippen molar-refractivity contribution in [2.45, 2.75) is 19.4 Å². The Hall–Kier alpha value is -3.22. The topological polar surface area (TPSA) is 60.2 Å². The first-order valence-corrected chi connectivity index (χ1v) is 9.18. The third-order valence-corrected chi connectivity index (χ3v) is 4.84. The van der Waals surface area contributed by atoms with E-state index in [2.05, 4.69) is 10.1 Å². The van der Waals surface area contributed by atoms with Crippen LogP contribution in [-0.4, -0.2) is 44.8 Å². The zero-order valence-corrected chi connectivity index (χ0v) is 15.8. The zero-order valence-electron chi connectivity index (χ0n) is 15.8. The van der Waals surface area contributed by atoms with Gasteiger partial charge in [0.15, 0.2) is 0 Å². The number of carbonyl (C=O) groups excluding carboxylic acids is 1. The molecule has 1 unspecified atom stereocenters. The lowest BCUT2D eigenvalue weighted by Gasteiger charge is -2.17. The highest BCUT2D eigenvalue weighted by molar-refractivity contribution is 5.94. The third-order valence-electron chi connectivity index (χ3n) is 4.84. The molecule has 1 aliphatic rings. The number of carbonyl (C=O) groups is 1. The summed E-state index contributed by atoms with van der Waals surface area (Å²) in [6.07, 6.45) is 2.44. The van der Waals surface area contributed by atoms with Crippen LogP contribution in [0.5, 0.6) is 5.88 Å². The van der Waals surface area contributed by atoms with Gasteiger partial charge in [0, 0.05) is 37.8 Å².